The lowest BCUT2D eigenvalue weighted by Crippen LogP contribution is -2.39. The van der Waals surface area contributed by atoms with E-state index in [9.17, 15) is 17.9 Å². The van der Waals surface area contributed by atoms with E-state index >= 15 is 0 Å². The van der Waals surface area contributed by atoms with E-state index in [0.29, 0.717) is 11.5 Å². The van der Waals surface area contributed by atoms with E-state index in [1.54, 1.807) is 62.8 Å². The highest BCUT2D eigenvalue weighted by molar-refractivity contribution is 7.89. The molecule has 2 aromatic carbocycles. The van der Waals surface area contributed by atoms with Gasteiger partial charge in [0.15, 0.2) is 0 Å². The van der Waals surface area contributed by atoms with Crippen molar-refractivity contribution in [3.63, 3.8) is 0 Å². The highest BCUT2D eigenvalue weighted by Crippen LogP contribution is 2.27. The summed E-state index contributed by atoms with van der Waals surface area (Å²) in [5.74, 6) is 0.756. The molecule has 0 amide bonds. The molecule has 0 aliphatic rings. The van der Waals surface area contributed by atoms with Gasteiger partial charge in [0.25, 0.3) is 0 Å². The fourth-order valence-electron chi connectivity index (χ4n) is 3.31. The summed E-state index contributed by atoms with van der Waals surface area (Å²) in [6.07, 6.45) is -0.477. The molecule has 0 unspecified atom stereocenters. The third-order valence-corrected chi connectivity index (χ3v) is 7.54. The summed E-state index contributed by atoms with van der Waals surface area (Å²) >= 11 is 0. The number of ether oxygens (including phenoxy) is 2. The molecule has 1 aromatic heterocycles. The van der Waals surface area contributed by atoms with Crippen LogP contribution in [0.4, 0.5) is 4.39 Å². The van der Waals surface area contributed by atoms with Crippen LogP contribution in [0.15, 0.2) is 66.9 Å². The Morgan fingerprint density at radius 3 is 1.79 bits per heavy atom. The van der Waals surface area contributed by atoms with Crippen LogP contribution in [-0.4, -0.2) is 42.3 Å². The SMILES string of the molecule is COc1ccc(CN(Cc2ccc(OC)cc2)S(=O)(=O)[C@H](C)[C@H](O)c2ccc(F)cn2)cc1. The first-order valence-electron chi connectivity index (χ1n) is 10.3. The van der Waals surface area contributed by atoms with Crippen molar-refractivity contribution in [2.75, 3.05) is 14.2 Å². The predicted octanol–water partition coefficient (Wildman–Crippen LogP) is 3.69. The van der Waals surface area contributed by atoms with Gasteiger partial charge in [-0.15, -0.1) is 0 Å². The second kappa shape index (κ2) is 10.7. The van der Waals surface area contributed by atoms with Crippen LogP contribution in [0.1, 0.15) is 29.8 Å². The van der Waals surface area contributed by atoms with Gasteiger partial charge in [0.2, 0.25) is 10.0 Å². The zero-order chi connectivity index (χ0) is 24.0. The topological polar surface area (TPSA) is 89.0 Å². The third-order valence-electron chi connectivity index (χ3n) is 5.36. The van der Waals surface area contributed by atoms with Crippen LogP contribution in [0.2, 0.25) is 0 Å². The lowest BCUT2D eigenvalue weighted by atomic mass is 10.2. The van der Waals surface area contributed by atoms with E-state index in [4.69, 9.17) is 9.47 Å². The van der Waals surface area contributed by atoms with Gasteiger partial charge in [0, 0.05) is 13.1 Å². The number of nitrogens with zero attached hydrogens (tertiary/aromatic N) is 2. The molecule has 0 saturated heterocycles. The van der Waals surface area contributed by atoms with Crippen LogP contribution in [-0.2, 0) is 23.1 Å². The molecule has 3 rings (SSSR count). The number of benzene rings is 2. The number of aliphatic hydroxyl groups is 1. The first-order valence-corrected chi connectivity index (χ1v) is 11.8. The van der Waals surface area contributed by atoms with Gasteiger partial charge in [0.1, 0.15) is 28.7 Å². The van der Waals surface area contributed by atoms with Crippen molar-refractivity contribution in [2.45, 2.75) is 31.4 Å². The van der Waals surface area contributed by atoms with E-state index in [-0.39, 0.29) is 18.8 Å². The lowest BCUT2D eigenvalue weighted by molar-refractivity contribution is 0.167. The van der Waals surface area contributed by atoms with Gasteiger partial charge in [-0.2, -0.15) is 4.31 Å². The van der Waals surface area contributed by atoms with Crippen LogP contribution in [0.3, 0.4) is 0 Å². The Bertz CT molecular complexity index is 1090. The second-order valence-corrected chi connectivity index (χ2v) is 9.85. The molecule has 0 radical (unpaired) electrons. The minimum absolute atomic E-state index is 0.0846. The standard InChI is InChI=1S/C24H27FN2O5S/c1-17(24(28)23-13-8-20(25)14-26-23)33(29,30)27(15-18-4-9-21(31-2)10-5-18)16-19-6-11-22(32-3)12-7-19/h4-14,17,24,28H,15-16H2,1-3H3/t17-,24+/m1/s1. The van der Waals surface area contributed by atoms with Crippen molar-refractivity contribution < 1.29 is 27.4 Å². The first kappa shape index (κ1) is 24.6. The average molecular weight is 475 g/mol. The van der Waals surface area contributed by atoms with Gasteiger partial charge in [0.05, 0.1) is 26.1 Å². The highest BCUT2D eigenvalue weighted by Gasteiger charge is 2.35. The minimum atomic E-state index is -4.00. The Morgan fingerprint density at radius 2 is 1.39 bits per heavy atom. The molecule has 0 saturated carbocycles. The normalized spacial score (nSPS) is 13.5. The van der Waals surface area contributed by atoms with E-state index in [1.807, 2.05) is 0 Å². The van der Waals surface area contributed by atoms with Crippen molar-refractivity contribution in [3.05, 3.63) is 89.5 Å². The Morgan fingerprint density at radius 1 is 0.909 bits per heavy atom. The van der Waals surface area contributed by atoms with Crippen molar-refractivity contribution in [1.82, 2.24) is 9.29 Å². The van der Waals surface area contributed by atoms with E-state index in [1.165, 1.54) is 17.3 Å². The number of aliphatic hydroxyl groups excluding tert-OH is 1. The zero-order valence-electron chi connectivity index (χ0n) is 18.7. The van der Waals surface area contributed by atoms with E-state index < -0.39 is 27.2 Å². The van der Waals surface area contributed by atoms with Gasteiger partial charge in [-0.25, -0.2) is 12.8 Å². The highest BCUT2D eigenvalue weighted by atomic mass is 32.2. The number of pyridine rings is 1. The smallest absolute Gasteiger partial charge is 0.220 e. The van der Waals surface area contributed by atoms with Crippen molar-refractivity contribution >= 4 is 10.0 Å². The maximum absolute atomic E-state index is 13.6. The molecular weight excluding hydrogens is 447 g/mol. The molecule has 0 bridgehead atoms. The number of hydrogen-bond acceptors (Lipinski definition) is 6. The molecule has 0 aliphatic heterocycles. The predicted molar refractivity (Wildman–Crippen MR) is 123 cm³/mol. The number of hydrogen-bond donors (Lipinski definition) is 1. The maximum atomic E-state index is 13.6. The molecule has 0 aliphatic carbocycles. The molecule has 9 heteroatoms. The molecule has 0 spiro atoms. The largest absolute Gasteiger partial charge is 0.497 e. The van der Waals surface area contributed by atoms with Crippen LogP contribution in [0.5, 0.6) is 11.5 Å². The van der Waals surface area contributed by atoms with Gasteiger partial charge < -0.3 is 14.6 Å². The molecular formula is C24H27FN2O5S. The molecule has 0 fully saturated rings. The average Bonchev–Trinajstić information content (AvgIpc) is 2.84. The summed E-state index contributed by atoms with van der Waals surface area (Å²) in [5.41, 5.74) is 1.60. The Balaban J connectivity index is 1.91. The summed E-state index contributed by atoms with van der Waals surface area (Å²) in [5, 5.41) is 9.49. The first-order chi connectivity index (χ1) is 15.7. The zero-order valence-corrected chi connectivity index (χ0v) is 19.5. The molecule has 33 heavy (non-hydrogen) atoms. The molecule has 1 N–H and O–H groups in total. The van der Waals surface area contributed by atoms with Crippen molar-refractivity contribution in [3.8, 4) is 11.5 Å². The number of aromatic nitrogens is 1. The third kappa shape index (κ3) is 6.07. The van der Waals surface area contributed by atoms with Gasteiger partial charge in [-0.3, -0.25) is 4.98 Å². The Kier molecular flexibility index (Phi) is 8.01. The Labute approximate surface area is 193 Å². The van der Waals surface area contributed by atoms with E-state index in [0.717, 1.165) is 23.4 Å². The molecule has 3 aromatic rings. The summed E-state index contributed by atoms with van der Waals surface area (Å²) < 4.78 is 52.0. The van der Waals surface area contributed by atoms with Crippen LogP contribution >= 0.6 is 0 Å². The molecule has 1 heterocycles. The van der Waals surface area contributed by atoms with Crippen LogP contribution < -0.4 is 9.47 Å². The van der Waals surface area contributed by atoms with E-state index in [2.05, 4.69) is 4.98 Å². The molecule has 2 atom stereocenters. The Hall–Kier alpha value is -3.01. The van der Waals surface area contributed by atoms with Gasteiger partial charge in [-0.1, -0.05) is 24.3 Å². The molecule has 7 nitrogen and oxygen atoms in total. The number of halogens is 1. The van der Waals surface area contributed by atoms with Crippen LogP contribution in [0, 0.1) is 5.82 Å². The van der Waals surface area contributed by atoms with Crippen molar-refractivity contribution in [2.24, 2.45) is 0 Å². The van der Waals surface area contributed by atoms with Crippen molar-refractivity contribution in [1.29, 1.82) is 0 Å². The number of sulfonamides is 1. The summed E-state index contributed by atoms with van der Waals surface area (Å²) in [6, 6.07) is 16.6. The minimum Gasteiger partial charge on any atom is -0.497 e. The number of rotatable bonds is 10. The van der Waals surface area contributed by atoms with Crippen LogP contribution in [0.25, 0.3) is 0 Å². The fourth-order valence-corrected chi connectivity index (χ4v) is 4.90. The second-order valence-electron chi connectivity index (χ2n) is 7.56. The van der Waals surface area contributed by atoms with Gasteiger partial charge in [-0.05, 0) is 54.4 Å². The number of methoxy groups -OCH3 is 2. The van der Waals surface area contributed by atoms with Gasteiger partial charge >= 0.3 is 0 Å². The quantitative estimate of drug-likeness (QED) is 0.482. The maximum Gasteiger partial charge on any atom is 0.220 e. The monoisotopic (exact) mass is 474 g/mol. The molecule has 176 valence electrons. The lowest BCUT2D eigenvalue weighted by Gasteiger charge is -2.28. The summed E-state index contributed by atoms with van der Waals surface area (Å²) in [7, 11) is -0.884. The fraction of sp³-hybridized carbons (Fsp3) is 0.292. The summed E-state index contributed by atoms with van der Waals surface area (Å²) in [4.78, 5) is 3.84. The summed E-state index contributed by atoms with van der Waals surface area (Å²) in [6.45, 7) is 1.60.